The second-order valence-electron chi connectivity index (χ2n) is 6.57. The van der Waals surface area contributed by atoms with Crippen molar-refractivity contribution < 1.29 is 14.3 Å². The van der Waals surface area contributed by atoms with Gasteiger partial charge in [-0.05, 0) is 25.5 Å². The lowest BCUT2D eigenvalue weighted by molar-refractivity contribution is -0.0615. The molecule has 1 aliphatic heterocycles. The van der Waals surface area contributed by atoms with Gasteiger partial charge in [-0.25, -0.2) is 4.79 Å². The fraction of sp³-hybridized carbons (Fsp3) is 0.474. The minimum Gasteiger partial charge on any atom is -0.458 e. The molecule has 1 aromatic heterocycles. The number of carbonyl (C=O) groups is 1. The Bertz CT molecular complexity index is 684. The monoisotopic (exact) mass is 343 g/mol. The molecule has 1 aromatic carbocycles. The second kappa shape index (κ2) is 8.27. The van der Waals surface area contributed by atoms with Gasteiger partial charge in [0, 0.05) is 31.9 Å². The third kappa shape index (κ3) is 4.67. The lowest BCUT2D eigenvalue weighted by Crippen LogP contribution is -2.44. The van der Waals surface area contributed by atoms with Gasteiger partial charge in [0.25, 0.3) is 0 Å². The van der Waals surface area contributed by atoms with Crippen LogP contribution in [-0.4, -0.2) is 53.1 Å². The van der Waals surface area contributed by atoms with E-state index in [1.54, 1.807) is 16.9 Å². The number of hydrogen-bond donors (Lipinski definition) is 0. The maximum Gasteiger partial charge on any atom is 0.356 e. The Labute approximate surface area is 148 Å². The van der Waals surface area contributed by atoms with E-state index in [1.807, 2.05) is 32.0 Å². The summed E-state index contributed by atoms with van der Waals surface area (Å²) in [4.78, 5) is 14.6. The van der Waals surface area contributed by atoms with Crippen LogP contribution in [0, 0.1) is 0 Å². The summed E-state index contributed by atoms with van der Waals surface area (Å²) < 4.78 is 12.9. The first kappa shape index (κ1) is 17.6. The molecule has 1 aliphatic rings. The highest BCUT2D eigenvalue weighted by Crippen LogP contribution is 2.13. The molecule has 2 heterocycles. The van der Waals surface area contributed by atoms with E-state index in [0.717, 1.165) is 19.6 Å². The second-order valence-corrected chi connectivity index (χ2v) is 6.57. The zero-order valence-corrected chi connectivity index (χ0v) is 14.8. The minimum absolute atomic E-state index is 0.100. The molecule has 6 heteroatoms. The van der Waals surface area contributed by atoms with E-state index in [-0.39, 0.29) is 24.7 Å². The normalized spacial score (nSPS) is 18.4. The Morgan fingerprint density at radius 1 is 1.32 bits per heavy atom. The Kier molecular flexibility index (Phi) is 5.83. The van der Waals surface area contributed by atoms with Crippen LogP contribution in [0.5, 0.6) is 0 Å². The Hall–Kier alpha value is -2.18. The third-order valence-electron chi connectivity index (χ3n) is 4.24. The smallest absolute Gasteiger partial charge is 0.356 e. The van der Waals surface area contributed by atoms with Crippen LogP contribution < -0.4 is 0 Å². The van der Waals surface area contributed by atoms with Crippen molar-refractivity contribution >= 4 is 5.97 Å². The Morgan fingerprint density at radius 3 is 2.88 bits per heavy atom. The maximum absolute atomic E-state index is 12.3. The molecule has 1 fully saturated rings. The number of hydrogen-bond acceptors (Lipinski definition) is 5. The summed E-state index contributed by atoms with van der Waals surface area (Å²) in [6.07, 6.45) is 1.52. The molecule has 0 N–H and O–H groups in total. The van der Waals surface area contributed by atoms with Crippen molar-refractivity contribution in [2.24, 2.45) is 0 Å². The first-order chi connectivity index (χ1) is 12.1. The van der Waals surface area contributed by atoms with E-state index in [1.165, 1.54) is 5.56 Å². The van der Waals surface area contributed by atoms with Crippen LogP contribution in [0.25, 0.3) is 0 Å². The number of nitrogens with zero attached hydrogens (tertiary/aromatic N) is 3. The van der Waals surface area contributed by atoms with Crippen LogP contribution in [0.2, 0.25) is 0 Å². The predicted octanol–water partition coefficient (Wildman–Crippen LogP) is 2.52. The first-order valence-electron chi connectivity index (χ1n) is 8.72. The molecule has 0 saturated carbocycles. The summed E-state index contributed by atoms with van der Waals surface area (Å²) in [6.45, 7) is 7.40. The van der Waals surface area contributed by atoms with Crippen molar-refractivity contribution in [2.75, 3.05) is 26.3 Å². The standard InChI is InChI=1S/C19H25N3O3/c1-15(2)22-18(8-9-20-22)19(23)25-14-17-13-21(10-11-24-17)12-16-6-4-3-5-7-16/h3-9,15,17H,10-14H2,1-2H3. The van der Waals surface area contributed by atoms with Gasteiger partial charge in [-0.3, -0.25) is 9.58 Å². The highest BCUT2D eigenvalue weighted by Gasteiger charge is 2.23. The average molecular weight is 343 g/mol. The van der Waals surface area contributed by atoms with Crippen molar-refractivity contribution in [1.29, 1.82) is 0 Å². The van der Waals surface area contributed by atoms with Gasteiger partial charge in [-0.2, -0.15) is 5.10 Å². The molecule has 1 saturated heterocycles. The maximum atomic E-state index is 12.3. The van der Waals surface area contributed by atoms with Gasteiger partial charge in [0.15, 0.2) is 0 Å². The van der Waals surface area contributed by atoms with Crippen LogP contribution in [0.1, 0.15) is 35.9 Å². The number of benzene rings is 1. The fourth-order valence-corrected chi connectivity index (χ4v) is 3.00. The van der Waals surface area contributed by atoms with Gasteiger partial charge >= 0.3 is 5.97 Å². The van der Waals surface area contributed by atoms with E-state index in [0.29, 0.717) is 12.3 Å². The number of esters is 1. The Morgan fingerprint density at radius 2 is 2.12 bits per heavy atom. The zero-order chi connectivity index (χ0) is 17.6. The van der Waals surface area contributed by atoms with Gasteiger partial charge in [-0.1, -0.05) is 30.3 Å². The average Bonchev–Trinajstić information content (AvgIpc) is 3.11. The first-order valence-corrected chi connectivity index (χ1v) is 8.72. The van der Waals surface area contributed by atoms with Crippen molar-refractivity contribution in [3.8, 4) is 0 Å². The summed E-state index contributed by atoms with van der Waals surface area (Å²) in [5.41, 5.74) is 1.76. The van der Waals surface area contributed by atoms with E-state index < -0.39 is 0 Å². The topological polar surface area (TPSA) is 56.6 Å². The fourth-order valence-electron chi connectivity index (χ4n) is 3.00. The van der Waals surface area contributed by atoms with E-state index in [9.17, 15) is 4.79 Å². The van der Waals surface area contributed by atoms with Gasteiger partial charge in [0.1, 0.15) is 18.4 Å². The molecule has 6 nitrogen and oxygen atoms in total. The van der Waals surface area contributed by atoms with Gasteiger partial charge < -0.3 is 9.47 Å². The molecule has 0 aliphatic carbocycles. The van der Waals surface area contributed by atoms with E-state index in [4.69, 9.17) is 9.47 Å². The van der Waals surface area contributed by atoms with Crippen molar-refractivity contribution in [1.82, 2.24) is 14.7 Å². The molecule has 25 heavy (non-hydrogen) atoms. The summed E-state index contributed by atoms with van der Waals surface area (Å²) in [6, 6.07) is 12.2. The van der Waals surface area contributed by atoms with Crippen LogP contribution in [0.4, 0.5) is 0 Å². The highest BCUT2D eigenvalue weighted by molar-refractivity contribution is 5.87. The van der Waals surface area contributed by atoms with Crippen molar-refractivity contribution in [3.63, 3.8) is 0 Å². The molecule has 134 valence electrons. The number of rotatable bonds is 6. The van der Waals surface area contributed by atoms with E-state index in [2.05, 4.69) is 22.1 Å². The zero-order valence-electron chi connectivity index (χ0n) is 14.8. The van der Waals surface area contributed by atoms with Crippen molar-refractivity contribution in [3.05, 3.63) is 53.9 Å². The van der Waals surface area contributed by atoms with Crippen LogP contribution >= 0.6 is 0 Å². The van der Waals surface area contributed by atoms with Crippen molar-refractivity contribution in [2.45, 2.75) is 32.5 Å². The summed E-state index contributed by atoms with van der Waals surface area (Å²) in [5, 5.41) is 4.17. The quantitative estimate of drug-likeness (QED) is 0.755. The molecule has 0 radical (unpaired) electrons. The number of carbonyl (C=O) groups excluding carboxylic acids is 1. The number of morpholine rings is 1. The molecule has 3 rings (SSSR count). The Balaban J connectivity index is 1.51. The van der Waals surface area contributed by atoms with Gasteiger partial charge in [0.05, 0.1) is 6.61 Å². The molecule has 1 atom stereocenters. The van der Waals surface area contributed by atoms with Crippen LogP contribution in [0.3, 0.4) is 0 Å². The van der Waals surface area contributed by atoms with Gasteiger partial charge in [0.2, 0.25) is 0 Å². The number of aromatic nitrogens is 2. The largest absolute Gasteiger partial charge is 0.458 e. The molecule has 0 spiro atoms. The van der Waals surface area contributed by atoms with E-state index >= 15 is 0 Å². The minimum atomic E-state index is -0.352. The lowest BCUT2D eigenvalue weighted by atomic mass is 10.2. The predicted molar refractivity (Wildman–Crippen MR) is 94.4 cm³/mol. The highest BCUT2D eigenvalue weighted by atomic mass is 16.6. The van der Waals surface area contributed by atoms with Crippen LogP contribution in [0.15, 0.2) is 42.6 Å². The molecule has 0 amide bonds. The summed E-state index contributed by atoms with van der Waals surface area (Å²) in [7, 11) is 0. The number of ether oxygens (including phenoxy) is 2. The lowest BCUT2D eigenvalue weighted by Gasteiger charge is -2.32. The molecule has 0 bridgehead atoms. The molecule has 2 aromatic rings. The summed E-state index contributed by atoms with van der Waals surface area (Å²) in [5.74, 6) is -0.352. The van der Waals surface area contributed by atoms with Crippen LogP contribution in [-0.2, 0) is 16.0 Å². The van der Waals surface area contributed by atoms with Gasteiger partial charge in [-0.15, -0.1) is 0 Å². The third-order valence-corrected chi connectivity index (χ3v) is 4.24. The molecular weight excluding hydrogens is 318 g/mol. The molecule has 1 unspecified atom stereocenters. The summed E-state index contributed by atoms with van der Waals surface area (Å²) >= 11 is 0. The molecular formula is C19H25N3O3. The SMILES string of the molecule is CC(C)n1nccc1C(=O)OCC1CN(Cc2ccccc2)CCO1.